The first-order valence-corrected chi connectivity index (χ1v) is 13.8. The zero-order valence-corrected chi connectivity index (χ0v) is 22.0. The van der Waals surface area contributed by atoms with Crippen molar-refractivity contribution in [3.8, 4) is 0 Å². The molecule has 9 heteroatoms. The van der Waals surface area contributed by atoms with Crippen molar-refractivity contribution in [3.63, 3.8) is 0 Å². The molecule has 0 spiro atoms. The molecule has 3 aliphatic heterocycles. The summed E-state index contributed by atoms with van der Waals surface area (Å²) in [5.41, 5.74) is 1.71. The first-order valence-electron chi connectivity index (χ1n) is 13.8. The quantitative estimate of drug-likeness (QED) is 0.621. The summed E-state index contributed by atoms with van der Waals surface area (Å²) in [5.74, 6) is 0.0202. The van der Waals surface area contributed by atoms with Crippen molar-refractivity contribution in [2.45, 2.75) is 76.0 Å². The predicted molar refractivity (Wildman–Crippen MR) is 137 cm³/mol. The summed E-state index contributed by atoms with van der Waals surface area (Å²) in [5, 5.41) is 3.00. The van der Waals surface area contributed by atoms with Gasteiger partial charge in [-0.05, 0) is 36.1 Å². The van der Waals surface area contributed by atoms with E-state index in [1.807, 2.05) is 6.07 Å². The van der Waals surface area contributed by atoms with Crippen LogP contribution in [0.25, 0.3) is 0 Å². The fourth-order valence-corrected chi connectivity index (χ4v) is 6.41. The number of nitrogens with one attached hydrogen (secondary N) is 1. The van der Waals surface area contributed by atoms with E-state index in [-0.39, 0.29) is 29.2 Å². The lowest BCUT2D eigenvalue weighted by atomic mass is 9.85. The Bertz CT molecular complexity index is 977. The molecule has 3 heterocycles. The zero-order chi connectivity index (χ0) is 26.0. The van der Waals surface area contributed by atoms with Crippen molar-refractivity contribution < 1.29 is 28.2 Å². The fraction of sp³-hybridized carbons (Fsp3) is 0.714. The van der Waals surface area contributed by atoms with Gasteiger partial charge in [-0.25, -0.2) is 9.18 Å². The Balaban J connectivity index is 1.26. The maximum absolute atomic E-state index is 14.0. The van der Waals surface area contributed by atoms with Gasteiger partial charge < -0.3 is 29.3 Å². The molecule has 2 saturated heterocycles. The molecule has 37 heavy (non-hydrogen) atoms. The molecule has 1 aromatic rings. The number of rotatable bonds is 6. The second-order valence-electron chi connectivity index (χ2n) is 11.6. The average Bonchev–Trinajstić information content (AvgIpc) is 3.45. The van der Waals surface area contributed by atoms with Gasteiger partial charge in [0.15, 0.2) is 6.10 Å². The zero-order valence-electron chi connectivity index (χ0n) is 22.0. The van der Waals surface area contributed by atoms with E-state index in [1.54, 1.807) is 11.0 Å². The minimum absolute atomic E-state index is 0.106. The Hall–Kier alpha value is -2.39. The highest BCUT2D eigenvalue weighted by molar-refractivity contribution is 5.83. The van der Waals surface area contributed by atoms with Gasteiger partial charge in [0.05, 0.1) is 38.5 Å². The van der Waals surface area contributed by atoms with Crippen molar-refractivity contribution in [3.05, 3.63) is 29.6 Å². The Morgan fingerprint density at radius 2 is 1.89 bits per heavy atom. The summed E-state index contributed by atoms with van der Waals surface area (Å²) in [6, 6.07) is 4.49. The molecule has 3 atom stereocenters. The van der Waals surface area contributed by atoms with E-state index in [9.17, 15) is 14.0 Å². The highest BCUT2D eigenvalue weighted by Crippen LogP contribution is 2.42. The SMILES string of the molecule is CC1(C)CN([C@H]2COCC2NC(=O)O[C@@H](CC2CCCCC2)C(=O)N2CCOCC2)c2ccc(F)cc21. The van der Waals surface area contributed by atoms with E-state index >= 15 is 0 Å². The van der Waals surface area contributed by atoms with Crippen LogP contribution in [0.1, 0.15) is 57.9 Å². The number of alkyl carbamates (subject to hydrolysis) is 1. The molecule has 204 valence electrons. The van der Waals surface area contributed by atoms with Crippen LogP contribution >= 0.6 is 0 Å². The van der Waals surface area contributed by atoms with Gasteiger partial charge >= 0.3 is 6.09 Å². The molecule has 2 amide bonds. The number of hydrogen-bond donors (Lipinski definition) is 1. The second kappa shape index (κ2) is 11.2. The van der Waals surface area contributed by atoms with Crippen molar-refractivity contribution in [1.82, 2.24) is 10.2 Å². The smallest absolute Gasteiger partial charge is 0.408 e. The Labute approximate surface area is 218 Å². The second-order valence-corrected chi connectivity index (χ2v) is 11.6. The van der Waals surface area contributed by atoms with E-state index in [0.717, 1.165) is 36.9 Å². The van der Waals surface area contributed by atoms with Crippen LogP contribution in [-0.2, 0) is 24.4 Å². The van der Waals surface area contributed by atoms with Crippen molar-refractivity contribution in [1.29, 1.82) is 0 Å². The fourth-order valence-electron chi connectivity index (χ4n) is 6.41. The van der Waals surface area contributed by atoms with Gasteiger partial charge in [0, 0.05) is 30.7 Å². The molecule has 4 aliphatic rings. The molecular formula is C28H40FN3O5. The van der Waals surface area contributed by atoms with Gasteiger partial charge in [-0.2, -0.15) is 0 Å². The first-order chi connectivity index (χ1) is 17.8. The Morgan fingerprint density at radius 3 is 2.65 bits per heavy atom. The van der Waals surface area contributed by atoms with Crippen LogP contribution in [0.4, 0.5) is 14.9 Å². The van der Waals surface area contributed by atoms with Crippen LogP contribution in [0, 0.1) is 11.7 Å². The molecule has 1 aliphatic carbocycles. The third kappa shape index (κ3) is 5.87. The molecule has 0 radical (unpaired) electrons. The number of carbonyl (C=O) groups is 2. The van der Waals surface area contributed by atoms with Gasteiger partial charge in [0.1, 0.15) is 5.82 Å². The predicted octanol–water partition coefficient (Wildman–Crippen LogP) is 3.61. The van der Waals surface area contributed by atoms with Crippen molar-refractivity contribution >= 4 is 17.7 Å². The maximum Gasteiger partial charge on any atom is 0.408 e. The summed E-state index contributed by atoms with van der Waals surface area (Å²) in [4.78, 5) is 30.5. The molecular weight excluding hydrogens is 477 g/mol. The summed E-state index contributed by atoms with van der Waals surface area (Å²) in [6.45, 7) is 7.78. The molecule has 8 nitrogen and oxygen atoms in total. The summed E-state index contributed by atoms with van der Waals surface area (Å²) < 4.78 is 31.0. The lowest BCUT2D eigenvalue weighted by Gasteiger charge is -2.34. The number of fused-ring (bicyclic) bond motifs is 1. The van der Waals surface area contributed by atoms with Crippen LogP contribution in [0.3, 0.4) is 0 Å². The highest BCUT2D eigenvalue weighted by Gasteiger charge is 2.44. The number of halogens is 1. The van der Waals surface area contributed by atoms with Gasteiger partial charge in [0.25, 0.3) is 5.91 Å². The van der Waals surface area contributed by atoms with E-state index in [4.69, 9.17) is 14.2 Å². The molecule has 1 saturated carbocycles. The van der Waals surface area contributed by atoms with Gasteiger partial charge in [-0.3, -0.25) is 4.79 Å². The highest BCUT2D eigenvalue weighted by atomic mass is 19.1. The van der Waals surface area contributed by atoms with Crippen LogP contribution in [0.5, 0.6) is 0 Å². The molecule has 3 fully saturated rings. The van der Waals surface area contributed by atoms with E-state index in [2.05, 4.69) is 24.1 Å². The van der Waals surface area contributed by atoms with Gasteiger partial charge in [-0.15, -0.1) is 0 Å². The summed E-state index contributed by atoms with van der Waals surface area (Å²) in [7, 11) is 0. The van der Waals surface area contributed by atoms with E-state index in [0.29, 0.717) is 58.4 Å². The topological polar surface area (TPSA) is 80.3 Å². The lowest BCUT2D eigenvalue weighted by molar-refractivity contribution is -0.145. The average molecular weight is 518 g/mol. The van der Waals surface area contributed by atoms with Crippen LogP contribution in [0.2, 0.25) is 0 Å². The molecule has 0 bridgehead atoms. The van der Waals surface area contributed by atoms with Gasteiger partial charge in [-0.1, -0.05) is 46.0 Å². The van der Waals surface area contributed by atoms with Crippen molar-refractivity contribution in [2.75, 3.05) is 51.0 Å². The number of ether oxygens (including phenoxy) is 3. The monoisotopic (exact) mass is 517 g/mol. The third-order valence-electron chi connectivity index (χ3n) is 8.44. The Kier molecular flexibility index (Phi) is 7.91. The minimum Gasteiger partial charge on any atom is -0.436 e. The van der Waals surface area contributed by atoms with Crippen molar-refractivity contribution in [2.24, 2.45) is 5.92 Å². The summed E-state index contributed by atoms with van der Waals surface area (Å²) in [6.07, 6.45) is 4.88. The number of benzene rings is 1. The lowest BCUT2D eigenvalue weighted by Crippen LogP contribution is -2.53. The normalized spacial score (nSPS) is 26.6. The third-order valence-corrected chi connectivity index (χ3v) is 8.44. The van der Waals surface area contributed by atoms with E-state index < -0.39 is 12.2 Å². The molecule has 0 aromatic heterocycles. The van der Waals surface area contributed by atoms with Gasteiger partial charge in [0.2, 0.25) is 0 Å². The number of morpholine rings is 1. The molecule has 1 N–H and O–H groups in total. The molecule has 1 unspecified atom stereocenters. The summed E-state index contributed by atoms with van der Waals surface area (Å²) >= 11 is 0. The number of carbonyl (C=O) groups excluding carboxylic acids is 2. The number of amides is 2. The Morgan fingerprint density at radius 1 is 1.14 bits per heavy atom. The maximum atomic E-state index is 14.0. The standard InChI is InChI=1S/C28H40FN3O5/c1-28(2)18-32(23-9-8-20(29)15-21(23)28)24-17-36-16-22(24)30-27(34)37-25(14-19-6-4-3-5-7-19)26(33)31-10-12-35-13-11-31/h8-9,15,19,22,24-25H,3-7,10-14,16-18H2,1-2H3,(H,30,34)/t22?,24-,25-/m0/s1. The number of nitrogens with zero attached hydrogens (tertiary/aromatic N) is 2. The first kappa shape index (κ1) is 26.2. The van der Waals surface area contributed by atoms with Crippen LogP contribution < -0.4 is 10.2 Å². The molecule has 1 aromatic carbocycles. The van der Waals surface area contributed by atoms with E-state index in [1.165, 1.54) is 12.5 Å². The number of anilines is 1. The number of hydrogen-bond acceptors (Lipinski definition) is 6. The minimum atomic E-state index is -0.795. The van der Waals surface area contributed by atoms with Crippen LogP contribution in [0.15, 0.2) is 18.2 Å². The van der Waals surface area contributed by atoms with Crippen LogP contribution in [-0.4, -0.2) is 81.1 Å². The largest absolute Gasteiger partial charge is 0.436 e. The molecule has 5 rings (SSSR count).